The van der Waals surface area contributed by atoms with Crippen LogP contribution in [0.1, 0.15) is 65.2 Å². The van der Waals surface area contributed by atoms with Crippen molar-refractivity contribution in [2.75, 3.05) is 0 Å². The largest absolute Gasteiger partial charge is 0.449 e. The minimum Gasteiger partial charge on any atom is -0.449 e. The lowest BCUT2D eigenvalue weighted by Crippen LogP contribution is -2.35. The van der Waals surface area contributed by atoms with Crippen molar-refractivity contribution in [3.8, 4) is 11.5 Å². The summed E-state index contributed by atoms with van der Waals surface area (Å²) < 4.78 is 11.8. The number of carbonyl (C=O) groups excluding carboxylic acids is 3. The molecule has 1 aliphatic heterocycles. The van der Waals surface area contributed by atoms with Crippen LogP contribution in [0.4, 0.5) is 0 Å². The molecule has 0 bridgehead atoms. The Morgan fingerprint density at radius 2 is 1.83 bits per heavy atom. The summed E-state index contributed by atoms with van der Waals surface area (Å²) in [4.78, 5) is 37.2. The van der Waals surface area contributed by atoms with E-state index in [1.54, 1.807) is 0 Å². The Morgan fingerprint density at radius 1 is 1.14 bits per heavy atom. The number of para-hydroxylation sites is 2. The highest BCUT2D eigenvalue weighted by Gasteiger charge is 2.48. The van der Waals surface area contributed by atoms with Crippen molar-refractivity contribution in [1.82, 2.24) is 0 Å². The summed E-state index contributed by atoms with van der Waals surface area (Å²) in [6, 6.07) is 7.59. The number of benzene rings is 1. The van der Waals surface area contributed by atoms with Crippen LogP contribution in [0.15, 0.2) is 24.3 Å². The van der Waals surface area contributed by atoms with E-state index in [1.165, 1.54) is 0 Å². The summed E-state index contributed by atoms with van der Waals surface area (Å²) in [5, 5.41) is 0. The monoisotopic (exact) mass is 398 g/mol. The molecule has 0 spiro atoms. The maximum Gasteiger partial charge on any atom is 0.248 e. The number of fused-ring (bicyclic) bond motifs is 2. The van der Waals surface area contributed by atoms with E-state index in [0.717, 1.165) is 17.9 Å². The second-order valence-electron chi connectivity index (χ2n) is 9.14. The van der Waals surface area contributed by atoms with Gasteiger partial charge in [-0.25, -0.2) is 0 Å². The molecule has 2 aliphatic carbocycles. The normalized spacial score (nSPS) is 29.7. The van der Waals surface area contributed by atoms with Gasteiger partial charge in [0, 0.05) is 50.4 Å². The molecule has 4 rings (SSSR count). The molecule has 1 aromatic rings. The molecule has 2 fully saturated rings. The van der Waals surface area contributed by atoms with Gasteiger partial charge >= 0.3 is 0 Å². The Kier molecular flexibility index (Phi) is 5.50. The minimum absolute atomic E-state index is 0.0426. The highest BCUT2D eigenvalue weighted by molar-refractivity contribution is 5.91. The van der Waals surface area contributed by atoms with Crippen molar-refractivity contribution in [3.05, 3.63) is 24.3 Å². The van der Waals surface area contributed by atoms with Crippen LogP contribution in [0.25, 0.3) is 0 Å². The fraction of sp³-hybridized carbons (Fsp3) is 0.625. The zero-order valence-electron chi connectivity index (χ0n) is 17.3. The summed E-state index contributed by atoms with van der Waals surface area (Å²) in [5.41, 5.74) is 0. The minimum atomic E-state index is -0.725. The third-order valence-electron chi connectivity index (χ3n) is 6.95. The molecular formula is C24H30O5. The summed E-state index contributed by atoms with van der Waals surface area (Å²) >= 11 is 0. The first-order valence-corrected chi connectivity index (χ1v) is 10.9. The predicted molar refractivity (Wildman–Crippen MR) is 108 cm³/mol. The smallest absolute Gasteiger partial charge is 0.248 e. The summed E-state index contributed by atoms with van der Waals surface area (Å²) in [5.74, 6) is 1.66. The maximum atomic E-state index is 12.4. The summed E-state index contributed by atoms with van der Waals surface area (Å²) in [6.45, 7) is 3.87. The molecule has 29 heavy (non-hydrogen) atoms. The lowest BCUT2D eigenvalue weighted by molar-refractivity contribution is -0.131. The van der Waals surface area contributed by atoms with E-state index >= 15 is 0 Å². The molecule has 4 unspecified atom stereocenters. The van der Waals surface area contributed by atoms with E-state index < -0.39 is 5.79 Å². The quantitative estimate of drug-likeness (QED) is 0.676. The number of carbonyl (C=O) groups is 3. The Bertz CT molecular complexity index is 788. The zero-order chi connectivity index (χ0) is 20.6. The topological polar surface area (TPSA) is 69.7 Å². The Balaban J connectivity index is 1.23. The Labute approximate surface area is 172 Å². The van der Waals surface area contributed by atoms with Crippen molar-refractivity contribution >= 4 is 17.3 Å². The molecule has 4 atom stereocenters. The third kappa shape index (κ3) is 4.10. The molecule has 5 nitrogen and oxygen atoms in total. The molecule has 3 aliphatic rings. The van der Waals surface area contributed by atoms with Gasteiger partial charge in [-0.3, -0.25) is 14.4 Å². The molecule has 0 aromatic heterocycles. The van der Waals surface area contributed by atoms with Crippen LogP contribution in [-0.4, -0.2) is 23.1 Å². The maximum absolute atomic E-state index is 12.4. The first-order chi connectivity index (χ1) is 13.9. The van der Waals surface area contributed by atoms with Gasteiger partial charge in [0.25, 0.3) is 0 Å². The van der Waals surface area contributed by atoms with Crippen LogP contribution < -0.4 is 9.47 Å². The molecule has 0 saturated heterocycles. The zero-order valence-corrected chi connectivity index (χ0v) is 17.3. The fourth-order valence-corrected chi connectivity index (χ4v) is 5.42. The highest BCUT2D eigenvalue weighted by atomic mass is 16.7. The van der Waals surface area contributed by atoms with E-state index in [9.17, 15) is 14.4 Å². The molecular weight excluding hydrogens is 368 g/mol. The van der Waals surface area contributed by atoms with E-state index in [-0.39, 0.29) is 35.2 Å². The van der Waals surface area contributed by atoms with E-state index in [0.29, 0.717) is 50.7 Å². The van der Waals surface area contributed by atoms with Crippen molar-refractivity contribution in [3.63, 3.8) is 0 Å². The molecule has 156 valence electrons. The van der Waals surface area contributed by atoms with Crippen LogP contribution in [-0.2, 0) is 14.4 Å². The van der Waals surface area contributed by atoms with Crippen molar-refractivity contribution in [2.24, 2.45) is 23.7 Å². The standard InChI is InChI=1S/C24H30O5/c1-15-14-19-17(20(26)12-11-18(19)23(15)27)10-9-16(25)6-5-13-24(2)28-21-7-3-4-8-22(21)29-24/h3-4,7-8,15,17-19H,5-6,9-14H2,1-2H3. The summed E-state index contributed by atoms with van der Waals surface area (Å²) in [7, 11) is 0. The van der Waals surface area contributed by atoms with Crippen molar-refractivity contribution in [2.45, 2.75) is 71.0 Å². The predicted octanol–water partition coefficient (Wildman–Crippen LogP) is 4.51. The number of hydrogen-bond acceptors (Lipinski definition) is 5. The van der Waals surface area contributed by atoms with E-state index in [4.69, 9.17) is 9.47 Å². The number of hydrogen-bond donors (Lipinski definition) is 0. The van der Waals surface area contributed by atoms with Gasteiger partial charge in [0.1, 0.15) is 17.3 Å². The summed E-state index contributed by atoms with van der Waals surface area (Å²) in [6.07, 6.45) is 4.79. The number of rotatable bonds is 7. The molecule has 1 aromatic carbocycles. The van der Waals surface area contributed by atoms with Crippen molar-refractivity contribution < 1.29 is 23.9 Å². The van der Waals surface area contributed by atoms with E-state index in [1.807, 2.05) is 38.1 Å². The van der Waals surface area contributed by atoms with Crippen LogP contribution in [0.2, 0.25) is 0 Å². The van der Waals surface area contributed by atoms with Gasteiger partial charge in [-0.05, 0) is 43.7 Å². The lowest BCUT2D eigenvalue weighted by atomic mass is 9.71. The van der Waals surface area contributed by atoms with Gasteiger partial charge in [-0.2, -0.15) is 0 Å². The molecule has 2 saturated carbocycles. The van der Waals surface area contributed by atoms with Gasteiger partial charge in [0.2, 0.25) is 5.79 Å². The second-order valence-corrected chi connectivity index (χ2v) is 9.14. The number of ether oxygens (including phenoxy) is 2. The van der Waals surface area contributed by atoms with E-state index in [2.05, 4.69) is 0 Å². The van der Waals surface area contributed by atoms with Gasteiger partial charge < -0.3 is 9.47 Å². The van der Waals surface area contributed by atoms with Gasteiger partial charge in [0.05, 0.1) is 0 Å². The lowest BCUT2D eigenvalue weighted by Gasteiger charge is -2.31. The first-order valence-electron chi connectivity index (χ1n) is 10.9. The van der Waals surface area contributed by atoms with Gasteiger partial charge in [-0.15, -0.1) is 0 Å². The molecule has 0 N–H and O–H groups in total. The fourth-order valence-electron chi connectivity index (χ4n) is 5.42. The van der Waals surface area contributed by atoms with Crippen LogP contribution in [0, 0.1) is 23.7 Å². The molecule has 1 heterocycles. The molecule has 5 heteroatoms. The highest BCUT2D eigenvalue weighted by Crippen LogP contribution is 2.46. The molecule has 0 amide bonds. The van der Waals surface area contributed by atoms with Crippen molar-refractivity contribution in [1.29, 1.82) is 0 Å². The average molecular weight is 398 g/mol. The second kappa shape index (κ2) is 7.92. The van der Waals surface area contributed by atoms with Crippen LogP contribution in [0.3, 0.4) is 0 Å². The average Bonchev–Trinajstić information content (AvgIpc) is 3.17. The van der Waals surface area contributed by atoms with Crippen LogP contribution in [0.5, 0.6) is 11.5 Å². The third-order valence-corrected chi connectivity index (χ3v) is 6.95. The van der Waals surface area contributed by atoms with Gasteiger partial charge in [-0.1, -0.05) is 19.1 Å². The first kappa shape index (κ1) is 20.1. The number of Topliss-reactive ketones (excluding diaryl/α,β-unsaturated/α-hetero) is 3. The number of ketones is 3. The SMILES string of the molecule is CC1CC2C(CCC(=O)CCCC3(C)Oc4ccccc4O3)C(=O)CCC2C1=O. The van der Waals surface area contributed by atoms with Gasteiger partial charge in [0.15, 0.2) is 11.5 Å². The Morgan fingerprint density at radius 3 is 2.52 bits per heavy atom. The molecule has 0 radical (unpaired) electrons. The Hall–Kier alpha value is -2.17. The van der Waals surface area contributed by atoms with Crippen LogP contribution >= 0.6 is 0 Å².